The van der Waals surface area contributed by atoms with Crippen molar-refractivity contribution in [1.29, 1.82) is 0 Å². The van der Waals surface area contributed by atoms with Crippen molar-refractivity contribution in [3.05, 3.63) is 69.5 Å². The highest BCUT2D eigenvalue weighted by Crippen LogP contribution is 2.24. The van der Waals surface area contributed by atoms with E-state index in [4.69, 9.17) is 23.2 Å². The summed E-state index contributed by atoms with van der Waals surface area (Å²) in [4.78, 5) is 27.5. The Bertz CT molecular complexity index is 889. The lowest BCUT2D eigenvalue weighted by atomic mass is 10.1. The summed E-state index contributed by atoms with van der Waals surface area (Å²) in [5.41, 5.74) is 1.03. The van der Waals surface area contributed by atoms with Crippen LogP contribution in [0, 0.1) is 11.7 Å². The zero-order chi connectivity index (χ0) is 22.3. The molecule has 1 atom stereocenters. The molecule has 0 unspecified atom stereocenters. The van der Waals surface area contributed by atoms with Gasteiger partial charge in [0.1, 0.15) is 11.9 Å². The molecule has 0 fully saturated rings. The average Bonchev–Trinajstić information content (AvgIpc) is 2.70. The Kier molecular flexibility index (Phi) is 9.12. The van der Waals surface area contributed by atoms with Gasteiger partial charge < -0.3 is 10.2 Å². The van der Waals surface area contributed by atoms with Crippen molar-refractivity contribution in [2.75, 3.05) is 6.54 Å². The summed E-state index contributed by atoms with van der Waals surface area (Å²) >= 11 is 12.1. The molecule has 2 aromatic rings. The lowest BCUT2D eigenvalue weighted by molar-refractivity contribution is -0.141. The third-order valence-corrected chi connectivity index (χ3v) is 5.45. The Balaban J connectivity index is 2.31. The largest absolute Gasteiger partial charge is 0.354 e. The van der Waals surface area contributed by atoms with Crippen molar-refractivity contribution in [3.8, 4) is 0 Å². The van der Waals surface area contributed by atoms with E-state index in [0.29, 0.717) is 28.6 Å². The van der Waals surface area contributed by atoms with Crippen LogP contribution in [0.1, 0.15) is 38.3 Å². The predicted molar refractivity (Wildman–Crippen MR) is 119 cm³/mol. The van der Waals surface area contributed by atoms with Crippen molar-refractivity contribution in [3.63, 3.8) is 0 Å². The molecule has 2 aromatic carbocycles. The maximum Gasteiger partial charge on any atom is 0.242 e. The number of rotatable bonds is 9. The van der Waals surface area contributed by atoms with Crippen molar-refractivity contribution in [2.24, 2.45) is 5.92 Å². The zero-order valence-electron chi connectivity index (χ0n) is 17.4. The fraction of sp³-hybridized carbons (Fsp3) is 0.391. The van der Waals surface area contributed by atoms with Gasteiger partial charge in [0, 0.05) is 13.1 Å². The molecular weight excluding hydrogens is 426 g/mol. The third kappa shape index (κ3) is 6.71. The topological polar surface area (TPSA) is 49.4 Å². The highest BCUT2D eigenvalue weighted by Gasteiger charge is 2.29. The molecule has 0 aromatic heterocycles. The van der Waals surface area contributed by atoms with E-state index >= 15 is 0 Å². The number of carbonyl (C=O) groups excluding carboxylic acids is 2. The van der Waals surface area contributed by atoms with Crippen LogP contribution in [0.15, 0.2) is 42.5 Å². The van der Waals surface area contributed by atoms with Gasteiger partial charge in [0.15, 0.2) is 0 Å². The van der Waals surface area contributed by atoms with E-state index in [1.165, 1.54) is 11.0 Å². The summed E-state index contributed by atoms with van der Waals surface area (Å²) in [5.74, 6) is -0.729. The Labute approximate surface area is 187 Å². The Morgan fingerprint density at radius 1 is 1.10 bits per heavy atom. The fourth-order valence-electron chi connectivity index (χ4n) is 3.08. The summed E-state index contributed by atoms with van der Waals surface area (Å²) in [6.07, 6.45) is 0.288. The summed E-state index contributed by atoms with van der Waals surface area (Å²) < 4.78 is 14.1. The van der Waals surface area contributed by atoms with Crippen LogP contribution in [0.2, 0.25) is 10.0 Å². The Hall–Kier alpha value is -2.11. The summed E-state index contributed by atoms with van der Waals surface area (Å²) in [5, 5.41) is 3.67. The molecule has 0 aliphatic heterocycles. The highest BCUT2D eigenvalue weighted by molar-refractivity contribution is 6.42. The normalized spacial score (nSPS) is 12.0. The number of nitrogens with zero attached hydrogens (tertiary/aromatic N) is 1. The van der Waals surface area contributed by atoms with Gasteiger partial charge in [-0.3, -0.25) is 9.59 Å². The fourth-order valence-corrected chi connectivity index (χ4v) is 3.40. The predicted octanol–water partition coefficient (Wildman–Crippen LogP) is 5.25. The summed E-state index contributed by atoms with van der Waals surface area (Å²) in [6, 6.07) is 10.5. The van der Waals surface area contributed by atoms with Crippen LogP contribution in [0.3, 0.4) is 0 Å². The SMILES string of the molecule is CC[C@@H](C(=O)NCC(C)C)N(Cc1ccc(Cl)c(Cl)c1)C(=O)Cc1ccccc1F. The van der Waals surface area contributed by atoms with E-state index in [-0.39, 0.29) is 30.7 Å². The van der Waals surface area contributed by atoms with Crippen LogP contribution in [-0.4, -0.2) is 29.3 Å². The van der Waals surface area contributed by atoms with E-state index < -0.39 is 11.9 Å². The lowest BCUT2D eigenvalue weighted by Crippen LogP contribution is -2.50. The van der Waals surface area contributed by atoms with E-state index in [1.54, 1.807) is 36.4 Å². The quantitative estimate of drug-likeness (QED) is 0.564. The molecule has 4 nitrogen and oxygen atoms in total. The van der Waals surface area contributed by atoms with Gasteiger partial charge in [-0.2, -0.15) is 0 Å². The number of carbonyl (C=O) groups is 2. The molecule has 0 saturated heterocycles. The van der Waals surface area contributed by atoms with Crippen molar-refractivity contribution < 1.29 is 14.0 Å². The second-order valence-electron chi connectivity index (χ2n) is 7.60. The number of amides is 2. The first-order valence-corrected chi connectivity index (χ1v) is 10.7. The van der Waals surface area contributed by atoms with Crippen molar-refractivity contribution >= 4 is 35.0 Å². The van der Waals surface area contributed by atoms with E-state index in [1.807, 2.05) is 20.8 Å². The van der Waals surface area contributed by atoms with Gasteiger partial charge in [-0.05, 0) is 41.7 Å². The molecule has 1 N–H and O–H groups in total. The molecule has 162 valence electrons. The van der Waals surface area contributed by atoms with Crippen LogP contribution >= 0.6 is 23.2 Å². The molecule has 0 saturated carbocycles. The van der Waals surface area contributed by atoms with Gasteiger partial charge in [0.2, 0.25) is 11.8 Å². The first kappa shape index (κ1) is 24.2. The maximum atomic E-state index is 14.1. The van der Waals surface area contributed by atoms with Crippen LogP contribution in [-0.2, 0) is 22.6 Å². The minimum absolute atomic E-state index is 0.137. The summed E-state index contributed by atoms with van der Waals surface area (Å²) in [7, 11) is 0. The molecule has 30 heavy (non-hydrogen) atoms. The maximum absolute atomic E-state index is 14.1. The molecule has 2 rings (SSSR count). The van der Waals surface area contributed by atoms with Crippen molar-refractivity contribution in [1.82, 2.24) is 10.2 Å². The van der Waals surface area contributed by atoms with Gasteiger partial charge in [0.25, 0.3) is 0 Å². The second-order valence-corrected chi connectivity index (χ2v) is 8.42. The van der Waals surface area contributed by atoms with Gasteiger partial charge in [-0.25, -0.2) is 4.39 Å². The molecule has 0 bridgehead atoms. The van der Waals surface area contributed by atoms with E-state index in [2.05, 4.69) is 5.32 Å². The average molecular weight is 453 g/mol. The van der Waals surface area contributed by atoms with Crippen molar-refractivity contribution in [2.45, 2.75) is 46.2 Å². The Morgan fingerprint density at radius 2 is 1.80 bits per heavy atom. The highest BCUT2D eigenvalue weighted by atomic mass is 35.5. The van der Waals surface area contributed by atoms with E-state index in [9.17, 15) is 14.0 Å². The molecule has 2 amide bonds. The molecule has 0 aliphatic rings. The van der Waals surface area contributed by atoms with Crippen LogP contribution in [0.5, 0.6) is 0 Å². The monoisotopic (exact) mass is 452 g/mol. The third-order valence-electron chi connectivity index (χ3n) is 4.71. The minimum atomic E-state index is -0.683. The van der Waals surface area contributed by atoms with Gasteiger partial charge >= 0.3 is 0 Å². The molecule has 0 heterocycles. The van der Waals surface area contributed by atoms with Gasteiger partial charge in [0.05, 0.1) is 16.5 Å². The number of hydrogen-bond acceptors (Lipinski definition) is 2. The van der Waals surface area contributed by atoms with Crippen LogP contribution < -0.4 is 5.32 Å². The molecule has 0 aliphatic carbocycles. The van der Waals surface area contributed by atoms with E-state index in [0.717, 1.165) is 5.56 Å². The number of hydrogen-bond donors (Lipinski definition) is 1. The van der Waals surface area contributed by atoms with Crippen LogP contribution in [0.4, 0.5) is 4.39 Å². The standard InChI is InChI=1S/C23H27Cl2FN2O2/c1-4-21(23(30)27-13-15(2)3)28(14-16-9-10-18(24)19(25)11-16)22(29)12-17-7-5-6-8-20(17)26/h5-11,15,21H,4,12-14H2,1-3H3,(H,27,30)/t21-/m0/s1. The molecule has 0 radical (unpaired) electrons. The van der Waals surface area contributed by atoms with Crippen LogP contribution in [0.25, 0.3) is 0 Å². The number of nitrogens with one attached hydrogen (secondary N) is 1. The second kappa shape index (κ2) is 11.3. The molecular formula is C23H27Cl2FN2O2. The minimum Gasteiger partial charge on any atom is -0.354 e. The van der Waals surface area contributed by atoms with Gasteiger partial charge in [-0.15, -0.1) is 0 Å². The number of benzene rings is 2. The lowest BCUT2D eigenvalue weighted by Gasteiger charge is -2.31. The first-order valence-electron chi connectivity index (χ1n) is 9.97. The number of halogens is 3. The smallest absolute Gasteiger partial charge is 0.242 e. The Morgan fingerprint density at radius 3 is 2.40 bits per heavy atom. The first-order chi connectivity index (χ1) is 14.2. The molecule has 0 spiro atoms. The summed E-state index contributed by atoms with van der Waals surface area (Å²) in [6.45, 7) is 6.52. The van der Waals surface area contributed by atoms with Gasteiger partial charge in [-0.1, -0.05) is 68.2 Å². The molecule has 7 heteroatoms. The zero-order valence-corrected chi connectivity index (χ0v) is 18.9.